The molecule has 14 heavy (non-hydrogen) atoms. The number of rotatable bonds is 4. The molecule has 0 atom stereocenters. The van der Waals surface area contributed by atoms with Crippen LogP contribution in [0.1, 0.15) is 12.8 Å². The molecule has 0 saturated heterocycles. The van der Waals surface area contributed by atoms with Crippen molar-refractivity contribution in [1.82, 2.24) is 4.98 Å². The topological polar surface area (TPSA) is 46.2 Å². The number of nitrogens with one attached hydrogen (secondary N) is 2. The Labute approximate surface area is 83.7 Å². The van der Waals surface area contributed by atoms with Crippen molar-refractivity contribution < 1.29 is 4.74 Å². The highest BCUT2D eigenvalue weighted by molar-refractivity contribution is 5.55. The molecule has 0 amide bonds. The fraction of sp³-hybridized carbons (Fsp3) is 0.500. The molecular formula is C10H15N3O. The Morgan fingerprint density at radius 1 is 1.29 bits per heavy atom. The molecule has 4 heteroatoms. The van der Waals surface area contributed by atoms with Crippen LogP contribution in [-0.4, -0.2) is 25.2 Å². The minimum absolute atomic E-state index is 0.407. The monoisotopic (exact) mass is 193 g/mol. The zero-order valence-electron chi connectivity index (χ0n) is 8.50. The number of hydrogen-bond donors (Lipinski definition) is 2. The van der Waals surface area contributed by atoms with E-state index >= 15 is 0 Å². The molecule has 1 aliphatic rings. The van der Waals surface area contributed by atoms with Gasteiger partial charge < -0.3 is 15.4 Å². The van der Waals surface area contributed by atoms with E-state index in [4.69, 9.17) is 4.74 Å². The van der Waals surface area contributed by atoms with Crippen molar-refractivity contribution in [1.29, 1.82) is 0 Å². The van der Waals surface area contributed by atoms with Crippen LogP contribution in [0.2, 0.25) is 0 Å². The highest BCUT2D eigenvalue weighted by Gasteiger charge is 2.24. The second-order valence-corrected chi connectivity index (χ2v) is 3.36. The zero-order valence-corrected chi connectivity index (χ0v) is 8.50. The smallest absolute Gasteiger partial charge is 0.170 e. The third kappa shape index (κ3) is 1.89. The van der Waals surface area contributed by atoms with Crippen molar-refractivity contribution in [3.8, 4) is 5.75 Å². The molecule has 0 radical (unpaired) electrons. The first-order chi connectivity index (χ1) is 6.83. The van der Waals surface area contributed by atoms with E-state index in [0.29, 0.717) is 6.10 Å². The van der Waals surface area contributed by atoms with Gasteiger partial charge in [0.05, 0.1) is 6.10 Å². The van der Waals surface area contributed by atoms with Gasteiger partial charge in [-0.2, -0.15) is 0 Å². The molecule has 2 N–H and O–H groups in total. The van der Waals surface area contributed by atoms with Crippen molar-refractivity contribution >= 4 is 11.6 Å². The summed E-state index contributed by atoms with van der Waals surface area (Å²) in [5.41, 5.74) is 0. The normalized spacial score (nSPS) is 15.0. The Bertz CT molecular complexity index is 323. The largest absolute Gasteiger partial charge is 0.487 e. The number of hydrogen-bond acceptors (Lipinski definition) is 4. The first-order valence-corrected chi connectivity index (χ1v) is 4.86. The fourth-order valence-corrected chi connectivity index (χ4v) is 1.23. The quantitative estimate of drug-likeness (QED) is 0.764. The van der Waals surface area contributed by atoms with Crippen molar-refractivity contribution in [2.45, 2.75) is 18.9 Å². The van der Waals surface area contributed by atoms with Crippen LogP contribution in [-0.2, 0) is 0 Å². The van der Waals surface area contributed by atoms with Crippen molar-refractivity contribution in [2.75, 3.05) is 24.7 Å². The summed E-state index contributed by atoms with van der Waals surface area (Å²) in [6.07, 6.45) is 2.73. The summed E-state index contributed by atoms with van der Waals surface area (Å²) in [6.45, 7) is 0. The summed E-state index contributed by atoms with van der Waals surface area (Å²) in [4.78, 5) is 4.34. The van der Waals surface area contributed by atoms with Crippen molar-refractivity contribution in [3.05, 3.63) is 12.1 Å². The Balaban J connectivity index is 2.19. The Hall–Kier alpha value is -1.45. The predicted molar refractivity (Wildman–Crippen MR) is 57.0 cm³/mol. The van der Waals surface area contributed by atoms with Gasteiger partial charge in [-0.1, -0.05) is 0 Å². The lowest BCUT2D eigenvalue weighted by Gasteiger charge is -2.10. The maximum Gasteiger partial charge on any atom is 0.170 e. The molecule has 76 valence electrons. The summed E-state index contributed by atoms with van der Waals surface area (Å²) in [6, 6.07) is 3.86. The van der Waals surface area contributed by atoms with Crippen molar-refractivity contribution in [3.63, 3.8) is 0 Å². The molecule has 1 saturated carbocycles. The van der Waals surface area contributed by atoms with Crippen LogP contribution in [0.5, 0.6) is 5.75 Å². The van der Waals surface area contributed by atoms with E-state index in [2.05, 4.69) is 15.6 Å². The molecule has 1 heterocycles. The van der Waals surface area contributed by atoms with Crippen LogP contribution in [0.4, 0.5) is 11.6 Å². The summed E-state index contributed by atoms with van der Waals surface area (Å²) < 4.78 is 5.69. The third-order valence-corrected chi connectivity index (χ3v) is 2.17. The highest BCUT2D eigenvalue weighted by atomic mass is 16.5. The summed E-state index contributed by atoms with van der Waals surface area (Å²) >= 11 is 0. The second kappa shape index (κ2) is 3.74. The minimum Gasteiger partial charge on any atom is -0.487 e. The molecule has 0 spiro atoms. The number of pyridine rings is 1. The van der Waals surface area contributed by atoms with Gasteiger partial charge in [0.15, 0.2) is 11.6 Å². The molecule has 0 aliphatic heterocycles. The zero-order chi connectivity index (χ0) is 9.97. The van der Waals surface area contributed by atoms with E-state index in [1.165, 1.54) is 0 Å². The Morgan fingerprint density at radius 2 is 2.07 bits per heavy atom. The molecule has 0 bridgehead atoms. The molecule has 1 aliphatic carbocycles. The SMILES string of the molecule is CNc1ccc(OC2CC2)c(NC)n1. The Kier molecular flexibility index (Phi) is 2.43. The van der Waals surface area contributed by atoms with Crippen LogP contribution in [0, 0.1) is 0 Å². The number of aromatic nitrogens is 1. The molecular weight excluding hydrogens is 178 g/mol. The lowest BCUT2D eigenvalue weighted by molar-refractivity contribution is 0.304. The maximum absolute atomic E-state index is 5.69. The lowest BCUT2D eigenvalue weighted by atomic mass is 10.4. The van der Waals surface area contributed by atoms with E-state index < -0.39 is 0 Å². The van der Waals surface area contributed by atoms with Crippen LogP contribution < -0.4 is 15.4 Å². The van der Waals surface area contributed by atoms with Gasteiger partial charge in [0.2, 0.25) is 0 Å². The van der Waals surface area contributed by atoms with Gasteiger partial charge in [-0.15, -0.1) is 0 Å². The van der Waals surface area contributed by atoms with Gasteiger partial charge in [0, 0.05) is 14.1 Å². The average Bonchev–Trinajstić information content (AvgIpc) is 3.02. The van der Waals surface area contributed by atoms with E-state index in [0.717, 1.165) is 30.2 Å². The van der Waals surface area contributed by atoms with Gasteiger partial charge >= 0.3 is 0 Å². The first kappa shape index (κ1) is 9.12. The standard InChI is InChI=1S/C10H15N3O/c1-11-9-6-5-8(10(12-2)13-9)14-7-3-4-7/h5-7H,3-4H2,1-2H3,(H2,11,12,13). The third-order valence-electron chi connectivity index (χ3n) is 2.17. The van der Waals surface area contributed by atoms with E-state index in [1.54, 1.807) is 0 Å². The molecule has 0 aromatic carbocycles. The van der Waals surface area contributed by atoms with Crippen molar-refractivity contribution in [2.24, 2.45) is 0 Å². The highest BCUT2D eigenvalue weighted by Crippen LogP contribution is 2.31. The molecule has 1 aromatic heterocycles. The number of anilines is 2. The molecule has 0 unspecified atom stereocenters. The Morgan fingerprint density at radius 3 is 2.64 bits per heavy atom. The molecule has 1 aromatic rings. The molecule has 4 nitrogen and oxygen atoms in total. The minimum atomic E-state index is 0.407. The number of nitrogens with zero attached hydrogens (tertiary/aromatic N) is 1. The summed E-state index contributed by atoms with van der Waals surface area (Å²) in [5, 5.41) is 6.02. The summed E-state index contributed by atoms with van der Waals surface area (Å²) in [5.74, 6) is 2.48. The summed E-state index contributed by atoms with van der Waals surface area (Å²) in [7, 11) is 3.70. The fourth-order valence-electron chi connectivity index (χ4n) is 1.23. The van der Waals surface area contributed by atoms with Gasteiger partial charge in [0.25, 0.3) is 0 Å². The van der Waals surface area contributed by atoms with Crippen LogP contribution in [0.3, 0.4) is 0 Å². The van der Waals surface area contributed by atoms with Crippen LogP contribution in [0.15, 0.2) is 12.1 Å². The molecule has 1 fully saturated rings. The van der Waals surface area contributed by atoms with Crippen LogP contribution >= 0.6 is 0 Å². The first-order valence-electron chi connectivity index (χ1n) is 4.86. The van der Waals surface area contributed by atoms with Crippen LogP contribution in [0.25, 0.3) is 0 Å². The lowest BCUT2D eigenvalue weighted by Crippen LogP contribution is -2.03. The van der Waals surface area contributed by atoms with E-state index in [1.807, 2.05) is 26.2 Å². The van der Waals surface area contributed by atoms with E-state index in [9.17, 15) is 0 Å². The number of ether oxygens (including phenoxy) is 1. The second-order valence-electron chi connectivity index (χ2n) is 3.36. The van der Waals surface area contributed by atoms with Gasteiger partial charge in [-0.3, -0.25) is 0 Å². The van der Waals surface area contributed by atoms with Gasteiger partial charge in [0.1, 0.15) is 5.82 Å². The van der Waals surface area contributed by atoms with Gasteiger partial charge in [-0.25, -0.2) is 4.98 Å². The average molecular weight is 193 g/mol. The maximum atomic E-state index is 5.69. The predicted octanol–water partition coefficient (Wildman–Crippen LogP) is 1.71. The van der Waals surface area contributed by atoms with Gasteiger partial charge in [-0.05, 0) is 25.0 Å². The van der Waals surface area contributed by atoms with E-state index in [-0.39, 0.29) is 0 Å². The molecule has 2 rings (SSSR count).